The lowest BCUT2D eigenvalue weighted by molar-refractivity contribution is -0.141. The average Bonchev–Trinajstić information content (AvgIpc) is 2.90. The Hall–Kier alpha value is -3.97. The van der Waals surface area contributed by atoms with Gasteiger partial charge >= 0.3 is 12.2 Å². The van der Waals surface area contributed by atoms with Crippen LogP contribution in [-0.2, 0) is 17.2 Å². The molecule has 1 unspecified atom stereocenters. The summed E-state index contributed by atoms with van der Waals surface area (Å²) in [7, 11) is 1.46. The summed E-state index contributed by atoms with van der Waals surface area (Å²) < 4.78 is 58.7. The highest BCUT2D eigenvalue weighted by Crippen LogP contribution is 2.35. The number of anilines is 1. The van der Waals surface area contributed by atoms with E-state index in [0.717, 1.165) is 12.3 Å². The number of alkyl halides is 3. The summed E-state index contributed by atoms with van der Waals surface area (Å²) in [5.41, 5.74) is 0.268. The number of para-hydroxylation sites is 2. The highest BCUT2D eigenvalue weighted by atomic mass is 35.5. The van der Waals surface area contributed by atoms with Crippen LogP contribution in [0.15, 0.2) is 59.7 Å². The first-order valence-corrected chi connectivity index (χ1v) is 13.5. The lowest BCUT2D eigenvalue weighted by Gasteiger charge is -2.21. The molecule has 2 N–H and O–H groups in total. The number of benzene rings is 2. The molecular formula is C26H25ClF3N5O4S. The SMILES string of the molecule is CN=Cc1cc(C(F)(F)F)ncc1-c1cc(C(=O)N(C)c2ccccc2OCCNC(=O)NS(C)=O)ccc1Cl. The maximum atomic E-state index is 13.5. The monoisotopic (exact) mass is 595 g/mol. The second-order valence-corrected chi connectivity index (χ2v) is 9.75. The number of urea groups is 1. The van der Waals surface area contributed by atoms with Crippen molar-refractivity contribution in [2.75, 3.05) is 38.4 Å². The predicted molar refractivity (Wildman–Crippen MR) is 148 cm³/mol. The Morgan fingerprint density at radius 2 is 1.90 bits per heavy atom. The van der Waals surface area contributed by atoms with E-state index in [1.165, 1.54) is 49.7 Å². The lowest BCUT2D eigenvalue weighted by Crippen LogP contribution is -2.38. The first-order chi connectivity index (χ1) is 18.9. The third-order valence-electron chi connectivity index (χ3n) is 5.41. The number of aliphatic imine (C=N–C) groups is 1. The molecule has 0 radical (unpaired) electrons. The quantitative estimate of drug-likeness (QED) is 0.275. The molecule has 212 valence electrons. The number of aromatic nitrogens is 1. The standard InChI is InChI=1S/C26H25ClF3N5O4S/c1-31-14-17-13-23(26(28,29)30)33-15-19(17)18-12-16(8-9-20(18)27)24(36)35(2)21-6-4-5-7-22(21)39-11-10-32-25(37)34-40(3)38/h4-9,12-15H,10-11H2,1-3H3,(H2,32,34,37). The Morgan fingerprint density at radius 3 is 2.58 bits per heavy atom. The summed E-state index contributed by atoms with van der Waals surface area (Å²) in [6.45, 7) is 0.177. The van der Waals surface area contributed by atoms with Crippen molar-refractivity contribution in [1.82, 2.24) is 15.0 Å². The van der Waals surface area contributed by atoms with Crippen LogP contribution in [0.25, 0.3) is 11.1 Å². The minimum atomic E-state index is -4.65. The van der Waals surface area contributed by atoms with Crippen molar-refractivity contribution in [3.63, 3.8) is 0 Å². The van der Waals surface area contributed by atoms with Gasteiger partial charge in [-0.25, -0.2) is 9.00 Å². The van der Waals surface area contributed by atoms with Gasteiger partial charge in [0.15, 0.2) is 0 Å². The average molecular weight is 596 g/mol. The third kappa shape index (κ3) is 7.79. The summed E-state index contributed by atoms with van der Waals surface area (Å²) in [5, 5.41) is 2.70. The molecule has 3 rings (SSSR count). The van der Waals surface area contributed by atoms with Gasteiger partial charge < -0.3 is 15.0 Å². The van der Waals surface area contributed by atoms with E-state index < -0.39 is 34.8 Å². The normalized spacial score (nSPS) is 12.2. The van der Waals surface area contributed by atoms with Gasteiger partial charge in [0.25, 0.3) is 5.91 Å². The zero-order valence-electron chi connectivity index (χ0n) is 21.6. The minimum absolute atomic E-state index is 0.0661. The maximum Gasteiger partial charge on any atom is 0.433 e. The molecule has 0 saturated heterocycles. The maximum absolute atomic E-state index is 13.5. The van der Waals surface area contributed by atoms with E-state index in [4.69, 9.17) is 16.3 Å². The Bertz CT molecular complexity index is 1450. The van der Waals surface area contributed by atoms with Gasteiger partial charge in [-0.2, -0.15) is 13.2 Å². The second-order valence-electron chi connectivity index (χ2n) is 8.23. The van der Waals surface area contributed by atoms with E-state index >= 15 is 0 Å². The lowest BCUT2D eigenvalue weighted by atomic mass is 9.99. The largest absolute Gasteiger partial charge is 0.490 e. The molecule has 1 aromatic heterocycles. The summed E-state index contributed by atoms with van der Waals surface area (Å²) in [4.78, 5) is 33.7. The van der Waals surface area contributed by atoms with Gasteiger partial charge in [0.1, 0.15) is 29.0 Å². The van der Waals surface area contributed by atoms with Crippen LogP contribution in [0.2, 0.25) is 5.02 Å². The number of nitrogens with zero attached hydrogens (tertiary/aromatic N) is 3. The van der Waals surface area contributed by atoms with Gasteiger partial charge in [-0.15, -0.1) is 0 Å². The van der Waals surface area contributed by atoms with Crippen molar-refractivity contribution in [2.45, 2.75) is 6.18 Å². The number of nitrogens with one attached hydrogen (secondary N) is 2. The molecule has 9 nitrogen and oxygen atoms in total. The molecule has 40 heavy (non-hydrogen) atoms. The molecule has 3 amide bonds. The molecule has 3 aromatic rings. The van der Waals surface area contributed by atoms with Crippen LogP contribution in [0.1, 0.15) is 21.6 Å². The molecule has 1 heterocycles. The number of hydrogen-bond donors (Lipinski definition) is 2. The molecule has 14 heteroatoms. The number of rotatable bonds is 9. The van der Waals surface area contributed by atoms with Crippen LogP contribution < -0.4 is 19.7 Å². The van der Waals surface area contributed by atoms with E-state index in [0.29, 0.717) is 17.0 Å². The molecule has 0 fully saturated rings. The van der Waals surface area contributed by atoms with Gasteiger partial charge in [0.2, 0.25) is 0 Å². The van der Waals surface area contributed by atoms with Crippen LogP contribution in [0.5, 0.6) is 5.75 Å². The first kappa shape index (κ1) is 30.6. The van der Waals surface area contributed by atoms with Gasteiger partial charge in [0.05, 0.1) is 12.2 Å². The zero-order valence-corrected chi connectivity index (χ0v) is 23.2. The van der Waals surface area contributed by atoms with Crippen LogP contribution >= 0.6 is 11.6 Å². The van der Waals surface area contributed by atoms with Crippen molar-refractivity contribution in [1.29, 1.82) is 0 Å². The fourth-order valence-electron chi connectivity index (χ4n) is 3.61. The zero-order chi connectivity index (χ0) is 29.4. The van der Waals surface area contributed by atoms with Crippen molar-refractivity contribution < 1.29 is 31.7 Å². The Labute approximate surface area is 236 Å². The molecular weight excluding hydrogens is 571 g/mol. The molecule has 1 atom stereocenters. The van der Waals surface area contributed by atoms with Gasteiger partial charge in [0, 0.05) is 60.0 Å². The van der Waals surface area contributed by atoms with E-state index in [1.54, 1.807) is 24.3 Å². The molecule has 0 bridgehead atoms. The van der Waals surface area contributed by atoms with E-state index in [9.17, 15) is 27.0 Å². The smallest absolute Gasteiger partial charge is 0.433 e. The number of amides is 3. The van der Waals surface area contributed by atoms with Crippen molar-refractivity contribution in [3.05, 3.63) is 76.6 Å². The molecule has 0 aliphatic carbocycles. The summed E-state index contributed by atoms with van der Waals surface area (Å²) in [6, 6.07) is 11.5. The van der Waals surface area contributed by atoms with Crippen LogP contribution in [0, 0.1) is 0 Å². The second kappa shape index (κ2) is 13.4. The molecule has 0 aliphatic rings. The molecule has 0 saturated carbocycles. The number of hydrogen-bond acceptors (Lipinski definition) is 6. The van der Waals surface area contributed by atoms with E-state index in [2.05, 4.69) is 20.0 Å². The summed E-state index contributed by atoms with van der Waals surface area (Å²) in [5.74, 6) is -0.0790. The molecule has 0 spiro atoms. The van der Waals surface area contributed by atoms with Crippen molar-refractivity contribution >= 4 is 46.4 Å². The number of halogens is 4. The molecule has 0 aliphatic heterocycles. The van der Waals surface area contributed by atoms with Crippen LogP contribution in [0.4, 0.5) is 23.7 Å². The fourth-order valence-corrected chi connectivity index (χ4v) is 4.17. The van der Waals surface area contributed by atoms with Crippen LogP contribution in [0.3, 0.4) is 0 Å². The Kier molecular flexibility index (Phi) is 10.2. The Balaban J connectivity index is 1.85. The number of carbonyl (C=O) groups is 2. The highest BCUT2D eigenvalue weighted by Gasteiger charge is 2.33. The summed E-state index contributed by atoms with van der Waals surface area (Å²) >= 11 is 6.39. The third-order valence-corrected chi connectivity index (χ3v) is 6.21. The number of pyridine rings is 1. The topological polar surface area (TPSA) is 113 Å². The first-order valence-electron chi connectivity index (χ1n) is 11.6. The van der Waals surface area contributed by atoms with Gasteiger partial charge in [-0.05, 0) is 36.4 Å². The van der Waals surface area contributed by atoms with Crippen molar-refractivity contribution in [3.8, 4) is 16.9 Å². The van der Waals surface area contributed by atoms with Crippen molar-refractivity contribution in [2.24, 2.45) is 4.99 Å². The minimum Gasteiger partial charge on any atom is -0.490 e. The highest BCUT2D eigenvalue weighted by molar-refractivity contribution is 7.82. The number of ether oxygens (including phenoxy) is 1. The summed E-state index contributed by atoms with van der Waals surface area (Å²) in [6.07, 6.45) is -1.01. The van der Waals surface area contributed by atoms with Gasteiger partial charge in [-0.1, -0.05) is 23.7 Å². The van der Waals surface area contributed by atoms with E-state index in [1.807, 2.05) is 0 Å². The fraction of sp³-hybridized carbons (Fsp3) is 0.231. The van der Waals surface area contributed by atoms with Crippen LogP contribution in [-0.4, -0.2) is 60.8 Å². The number of carbonyl (C=O) groups excluding carboxylic acids is 2. The van der Waals surface area contributed by atoms with Gasteiger partial charge in [-0.3, -0.25) is 19.5 Å². The molecule has 2 aromatic carbocycles. The van der Waals surface area contributed by atoms with E-state index in [-0.39, 0.29) is 34.9 Å². The predicted octanol–water partition coefficient (Wildman–Crippen LogP) is 4.72. The Morgan fingerprint density at radius 1 is 1.18 bits per heavy atom.